The predicted molar refractivity (Wildman–Crippen MR) is 72.4 cm³/mol. The molecule has 0 radical (unpaired) electrons. The molecule has 3 nitrogen and oxygen atoms in total. The van der Waals surface area contributed by atoms with E-state index in [2.05, 4.69) is 32.2 Å². The molecule has 0 spiro atoms. The molecule has 1 N–H and O–H groups in total. The lowest BCUT2D eigenvalue weighted by Gasteiger charge is -2.15. The fourth-order valence-electron chi connectivity index (χ4n) is 1.78. The van der Waals surface area contributed by atoms with Crippen molar-refractivity contribution >= 4 is 0 Å². The van der Waals surface area contributed by atoms with Gasteiger partial charge in [0, 0.05) is 18.2 Å². The standard InChI is InChI=1S/C15H25NO2/c1-10(2)11(3)17-9-15-7-13(12(4)18-15)8-16-14-5-6-14/h7,10-11,14,16H,5-6,8-9H2,1-4H3. The zero-order chi connectivity index (χ0) is 13.1. The average molecular weight is 251 g/mol. The summed E-state index contributed by atoms with van der Waals surface area (Å²) in [4.78, 5) is 0. The number of aryl methyl sites for hydroxylation is 1. The second-order valence-electron chi connectivity index (χ2n) is 5.71. The highest BCUT2D eigenvalue weighted by atomic mass is 16.5. The third-order valence-electron chi connectivity index (χ3n) is 3.66. The van der Waals surface area contributed by atoms with E-state index >= 15 is 0 Å². The zero-order valence-corrected chi connectivity index (χ0v) is 12.0. The highest BCUT2D eigenvalue weighted by molar-refractivity contribution is 5.20. The number of nitrogens with one attached hydrogen (secondary N) is 1. The molecule has 0 bridgehead atoms. The van der Waals surface area contributed by atoms with Crippen molar-refractivity contribution in [3.05, 3.63) is 23.2 Å². The van der Waals surface area contributed by atoms with Crippen molar-refractivity contribution < 1.29 is 9.15 Å². The maximum Gasteiger partial charge on any atom is 0.130 e. The number of hydrogen-bond donors (Lipinski definition) is 1. The van der Waals surface area contributed by atoms with Crippen molar-refractivity contribution in [2.45, 2.75) is 65.8 Å². The van der Waals surface area contributed by atoms with E-state index in [9.17, 15) is 0 Å². The Kier molecular flexibility index (Phi) is 4.46. The Hall–Kier alpha value is -0.800. The molecule has 1 heterocycles. The Labute approximate surface area is 110 Å². The summed E-state index contributed by atoms with van der Waals surface area (Å²) < 4.78 is 11.5. The smallest absolute Gasteiger partial charge is 0.130 e. The highest BCUT2D eigenvalue weighted by Crippen LogP contribution is 2.21. The van der Waals surface area contributed by atoms with Crippen LogP contribution in [-0.2, 0) is 17.9 Å². The van der Waals surface area contributed by atoms with Crippen molar-refractivity contribution in [3.63, 3.8) is 0 Å². The molecule has 1 aliphatic carbocycles. The van der Waals surface area contributed by atoms with Gasteiger partial charge in [-0.05, 0) is 38.7 Å². The quantitative estimate of drug-likeness (QED) is 0.806. The van der Waals surface area contributed by atoms with E-state index in [1.54, 1.807) is 0 Å². The van der Waals surface area contributed by atoms with Gasteiger partial charge in [-0.15, -0.1) is 0 Å². The van der Waals surface area contributed by atoms with Crippen LogP contribution in [0.4, 0.5) is 0 Å². The summed E-state index contributed by atoms with van der Waals surface area (Å²) in [5, 5.41) is 3.51. The molecule has 0 amide bonds. The molecule has 1 unspecified atom stereocenters. The number of rotatable bonds is 7. The number of ether oxygens (including phenoxy) is 1. The minimum Gasteiger partial charge on any atom is -0.464 e. The monoisotopic (exact) mass is 251 g/mol. The largest absolute Gasteiger partial charge is 0.464 e. The van der Waals surface area contributed by atoms with Gasteiger partial charge in [-0.2, -0.15) is 0 Å². The van der Waals surface area contributed by atoms with Gasteiger partial charge in [0.1, 0.15) is 18.1 Å². The molecule has 102 valence electrons. The van der Waals surface area contributed by atoms with Gasteiger partial charge in [-0.25, -0.2) is 0 Å². The van der Waals surface area contributed by atoms with Gasteiger partial charge < -0.3 is 14.5 Å². The average Bonchev–Trinajstić information content (AvgIpc) is 3.08. The van der Waals surface area contributed by atoms with E-state index < -0.39 is 0 Å². The molecule has 3 heteroatoms. The molecule has 2 rings (SSSR count). The lowest BCUT2D eigenvalue weighted by molar-refractivity contribution is 0.0146. The van der Waals surface area contributed by atoms with Gasteiger partial charge in [-0.3, -0.25) is 0 Å². The number of furan rings is 1. The van der Waals surface area contributed by atoms with Crippen LogP contribution in [0.3, 0.4) is 0 Å². The van der Waals surface area contributed by atoms with E-state index in [1.165, 1.54) is 18.4 Å². The van der Waals surface area contributed by atoms with Crippen molar-refractivity contribution in [2.24, 2.45) is 5.92 Å². The predicted octanol–water partition coefficient (Wildman–Crippen LogP) is 3.40. The topological polar surface area (TPSA) is 34.4 Å². The molecule has 0 aliphatic heterocycles. The Morgan fingerprint density at radius 3 is 2.72 bits per heavy atom. The van der Waals surface area contributed by atoms with E-state index in [4.69, 9.17) is 9.15 Å². The normalized spacial score (nSPS) is 17.4. The summed E-state index contributed by atoms with van der Waals surface area (Å²) in [6, 6.07) is 2.86. The van der Waals surface area contributed by atoms with E-state index in [0.717, 1.165) is 24.1 Å². The first kappa shape index (κ1) is 13.6. The molecule has 1 aromatic heterocycles. The maximum absolute atomic E-state index is 5.78. The van der Waals surface area contributed by atoms with Crippen LogP contribution in [0.1, 0.15) is 50.7 Å². The third-order valence-corrected chi connectivity index (χ3v) is 3.66. The van der Waals surface area contributed by atoms with E-state index in [-0.39, 0.29) is 6.10 Å². The summed E-state index contributed by atoms with van der Waals surface area (Å²) in [6.07, 6.45) is 2.90. The molecule has 1 aromatic rings. The fraction of sp³-hybridized carbons (Fsp3) is 0.733. The van der Waals surface area contributed by atoms with Crippen LogP contribution in [0, 0.1) is 12.8 Å². The first-order valence-corrected chi connectivity index (χ1v) is 6.99. The van der Waals surface area contributed by atoms with Crippen molar-refractivity contribution in [1.82, 2.24) is 5.32 Å². The third kappa shape index (κ3) is 3.85. The molecule has 1 aliphatic rings. The van der Waals surface area contributed by atoms with Gasteiger partial charge in [0.25, 0.3) is 0 Å². The summed E-state index contributed by atoms with van der Waals surface area (Å²) in [5.74, 6) is 2.49. The van der Waals surface area contributed by atoms with E-state index in [0.29, 0.717) is 12.5 Å². The van der Waals surface area contributed by atoms with Gasteiger partial charge >= 0.3 is 0 Å². The molecule has 1 saturated carbocycles. The van der Waals surface area contributed by atoms with Crippen LogP contribution < -0.4 is 5.32 Å². The van der Waals surface area contributed by atoms with Crippen molar-refractivity contribution in [1.29, 1.82) is 0 Å². The van der Waals surface area contributed by atoms with Crippen LogP contribution in [0.2, 0.25) is 0 Å². The van der Waals surface area contributed by atoms with Crippen molar-refractivity contribution in [3.8, 4) is 0 Å². The summed E-state index contributed by atoms with van der Waals surface area (Å²) in [5.41, 5.74) is 1.26. The summed E-state index contributed by atoms with van der Waals surface area (Å²) in [7, 11) is 0. The van der Waals surface area contributed by atoms with Crippen molar-refractivity contribution in [2.75, 3.05) is 0 Å². The SMILES string of the molecule is Cc1oc(COC(C)C(C)C)cc1CNC1CC1. The molecule has 1 atom stereocenters. The Balaban J connectivity index is 1.83. The van der Waals surface area contributed by atoms with E-state index in [1.807, 2.05) is 6.92 Å². The Morgan fingerprint density at radius 1 is 1.39 bits per heavy atom. The van der Waals surface area contributed by atoms with Gasteiger partial charge in [0.2, 0.25) is 0 Å². The highest BCUT2D eigenvalue weighted by Gasteiger charge is 2.21. The van der Waals surface area contributed by atoms with Crippen LogP contribution in [0.15, 0.2) is 10.5 Å². The minimum absolute atomic E-state index is 0.267. The lowest BCUT2D eigenvalue weighted by Crippen LogP contribution is -2.15. The molecule has 0 saturated heterocycles. The molecular formula is C15H25NO2. The minimum atomic E-state index is 0.267. The Morgan fingerprint density at radius 2 is 2.11 bits per heavy atom. The van der Waals surface area contributed by atoms with Crippen LogP contribution in [-0.4, -0.2) is 12.1 Å². The Bertz CT molecular complexity index is 380. The number of hydrogen-bond acceptors (Lipinski definition) is 3. The van der Waals surface area contributed by atoms with Gasteiger partial charge in [-0.1, -0.05) is 13.8 Å². The second kappa shape index (κ2) is 5.89. The lowest BCUT2D eigenvalue weighted by atomic mass is 10.1. The van der Waals surface area contributed by atoms with Gasteiger partial charge in [0.05, 0.1) is 6.10 Å². The second-order valence-corrected chi connectivity index (χ2v) is 5.71. The molecule has 18 heavy (non-hydrogen) atoms. The van der Waals surface area contributed by atoms with Crippen LogP contribution in [0.25, 0.3) is 0 Å². The van der Waals surface area contributed by atoms with Crippen LogP contribution in [0.5, 0.6) is 0 Å². The summed E-state index contributed by atoms with van der Waals surface area (Å²) in [6.45, 7) is 9.96. The zero-order valence-electron chi connectivity index (χ0n) is 12.0. The molecule has 1 fully saturated rings. The fourth-order valence-corrected chi connectivity index (χ4v) is 1.78. The first-order chi connectivity index (χ1) is 8.56. The first-order valence-electron chi connectivity index (χ1n) is 6.99. The maximum atomic E-state index is 5.78. The summed E-state index contributed by atoms with van der Waals surface area (Å²) >= 11 is 0. The van der Waals surface area contributed by atoms with Gasteiger partial charge in [0.15, 0.2) is 0 Å². The van der Waals surface area contributed by atoms with Crippen LogP contribution >= 0.6 is 0 Å². The molecule has 0 aromatic carbocycles. The molecular weight excluding hydrogens is 226 g/mol.